The Hall–Kier alpha value is -1.83. The van der Waals surface area contributed by atoms with E-state index in [1.807, 2.05) is 0 Å². The third kappa shape index (κ3) is 3.88. The molecule has 118 valence electrons. The number of benzene rings is 2. The van der Waals surface area contributed by atoms with Crippen LogP contribution in [0.1, 0.15) is 17.2 Å². The first kappa shape index (κ1) is 16.5. The molecule has 0 heterocycles. The molecule has 0 bridgehead atoms. The minimum Gasteiger partial charge on any atom is -0.386 e. The van der Waals surface area contributed by atoms with Crippen molar-refractivity contribution in [1.82, 2.24) is 0 Å². The highest BCUT2D eigenvalue weighted by molar-refractivity contribution is 7.86. The van der Waals surface area contributed by atoms with Gasteiger partial charge in [0.05, 0.1) is 11.5 Å². The molecule has 0 spiro atoms. The zero-order valence-corrected chi connectivity index (χ0v) is 12.5. The summed E-state index contributed by atoms with van der Waals surface area (Å²) in [7, 11) is -4.06. The van der Waals surface area contributed by atoms with Crippen LogP contribution in [0.4, 0.5) is 8.78 Å². The molecule has 22 heavy (non-hydrogen) atoms. The predicted octanol–water partition coefficient (Wildman–Crippen LogP) is 2.71. The first-order valence-corrected chi connectivity index (χ1v) is 7.79. The van der Waals surface area contributed by atoms with E-state index < -0.39 is 34.5 Å². The molecule has 1 atom stereocenters. The maximum Gasteiger partial charge on any atom is 0.297 e. The lowest BCUT2D eigenvalue weighted by Crippen LogP contribution is -2.14. The lowest BCUT2D eigenvalue weighted by Gasteiger charge is -2.12. The number of aryl methyl sites for hydroxylation is 1. The number of halogens is 2. The molecular formula is C15H14F2O4S. The Kier molecular flexibility index (Phi) is 4.90. The van der Waals surface area contributed by atoms with E-state index in [0.717, 1.165) is 17.7 Å². The second kappa shape index (κ2) is 6.51. The van der Waals surface area contributed by atoms with Gasteiger partial charge >= 0.3 is 0 Å². The fourth-order valence-corrected chi connectivity index (χ4v) is 2.70. The fraction of sp³-hybridized carbons (Fsp3) is 0.200. The topological polar surface area (TPSA) is 63.6 Å². The van der Waals surface area contributed by atoms with Gasteiger partial charge in [0.15, 0.2) is 0 Å². The van der Waals surface area contributed by atoms with E-state index in [1.165, 1.54) is 12.1 Å². The Morgan fingerprint density at radius 3 is 2.36 bits per heavy atom. The van der Waals surface area contributed by atoms with Crippen LogP contribution >= 0.6 is 0 Å². The van der Waals surface area contributed by atoms with Gasteiger partial charge in [0.1, 0.15) is 17.7 Å². The van der Waals surface area contributed by atoms with Crippen molar-refractivity contribution in [1.29, 1.82) is 0 Å². The first-order chi connectivity index (χ1) is 10.3. The molecule has 0 aromatic heterocycles. The molecule has 4 nitrogen and oxygen atoms in total. The molecule has 0 amide bonds. The van der Waals surface area contributed by atoms with Gasteiger partial charge in [0.25, 0.3) is 10.1 Å². The van der Waals surface area contributed by atoms with Gasteiger partial charge in [-0.1, -0.05) is 23.8 Å². The summed E-state index contributed by atoms with van der Waals surface area (Å²) in [6, 6.07) is 8.56. The van der Waals surface area contributed by atoms with Gasteiger partial charge in [-0.3, -0.25) is 4.18 Å². The van der Waals surface area contributed by atoms with Gasteiger partial charge in [0.2, 0.25) is 0 Å². The van der Waals surface area contributed by atoms with E-state index in [0.29, 0.717) is 6.07 Å². The first-order valence-electron chi connectivity index (χ1n) is 6.39. The molecule has 0 fully saturated rings. The maximum atomic E-state index is 13.5. The quantitative estimate of drug-likeness (QED) is 0.857. The highest BCUT2D eigenvalue weighted by Crippen LogP contribution is 2.21. The van der Waals surface area contributed by atoms with Crippen LogP contribution in [0.25, 0.3) is 0 Å². The van der Waals surface area contributed by atoms with Crippen molar-refractivity contribution in [2.75, 3.05) is 6.61 Å². The van der Waals surface area contributed by atoms with E-state index in [1.54, 1.807) is 19.1 Å². The van der Waals surface area contributed by atoms with Crippen LogP contribution in [0.3, 0.4) is 0 Å². The molecule has 0 radical (unpaired) electrons. The molecule has 1 unspecified atom stereocenters. The smallest absolute Gasteiger partial charge is 0.297 e. The predicted molar refractivity (Wildman–Crippen MR) is 75.6 cm³/mol. The summed E-state index contributed by atoms with van der Waals surface area (Å²) < 4.78 is 54.9. The van der Waals surface area contributed by atoms with E-state index in [2.05, 4.69) is 0 Å². The third-order valence-electron chi connectivity index (χ3n) is 3.01. The van der Waals surface area contributed by atoms with Crippen molar-refractivity contribution < 1.29 is 26.5 Å². The number of rotatable bonds is 5. The molecule has 0 aliphatic carbocycles. The standard InChI is InChI=1S/C15H14F2O4S/c1-10-2-5-12(6-3-10)22(19,20)21-9-15(18)13-7-4-11(16)8-14(13)17/h2-8,15,18H,9H2,1H3. The summed E-state index contributed by atoms with van der Waals surface area (Å²) in [5.41, 5.74) is 0.646. The summed E-state index contributed by atoms with van der Waals surface area (Å²) in [5, 5.41) is 9.79. The molecule has 2 aromatic rings. The second-order valence-corrected chi connectivity index (χ2v) is 6.35. The third-order valence-corrected chi connectivity index (χ3v) is 4.31. The summed E-state index contributed by atoms with van der Waals surface area (Å²) in [6.07, 6.45) is -1.53. The van der Waals surface area contributed by atoms with Crippen molar-refractivity contribution in [2.24, 2.45) is 0 Å². The Labute approximate surface area is 127 Å². The highest BCUT2D eigenvalue weighted by Gasteiger charge is 2.20. The van der Waals surface area contributed by atoms with Crippen molar-refractivity contribution >= 4 is 10.1 Å². The minimum atomic E-state index is -4.06. The van der Waals surface area contributed by atoms with Crippen LogP contribution in [0.2, 0.25) is 0 Å². The van der Waals surface area contributed by atoms with Crippen LogP contribution in [-0.2, 0) is 14.3 Å². The molecule has 0 aliphatic heterocycles. The molecule has 0 saturated heterocycles. The van der Waals surface area contributed by atoms with Crippen LogP contribution in [-0.4, -0.2) is 20.1 Å². The van der Waals surface area contributed by atoms with Gasteiger partial charge in [-0.25, -0.2) is 8.78 Å². The number of hydrogen-bond acceptors (Lipinski definition) is 4. The minimum absolute atomic E-state index is 0.0649. The summed E-state index contributed by atoms with van der Waals surface area (Å²) in [6.45, 7) is 1.14. The monoisotopic (exact) mass is 328 g/mol. The number of aliphatic hydroxyl groups excluding tert-OH is 1. The molecular weight excluding hydrogens is 314 g/mol. The molecule has 2 aromatic carbocycles. The summed E-state index contributed by atoms with van der Waals surface area (Å²) >= 11 is 0. The fourth-order valence-electron chi connectivity index (χ4n) is 1.79. The van der Waals surface area contributed by atoms with Crippen LogP contribution < -0.4 is 0 Å². The van der Waals surface area contributed by atoms with Gasteiger partial charge in [-0.05, 0) is 25.1 Å². The number of aliphatic hydroxyl groups is 1. The van der Waals surface area contributed by atoms with Crippen molar-refractivity contribution in [2.45, 2.75) is 17.9 Å². The molecule has 2 rings (SSSR count). The SMILES string of the molecule is Cc1ccc(S(=O)(=O)OCC(O)c2ccc(F)cc2F)cc1. The van der Waals surface area contributed by atoms with Crippen LogP contribution in [0.15, 0.2) is 47.4 Å². The van der Waals surface area contributed by atoms with E-state index in [9.17, 15) is 22.3 Å². The van der Waals surface area contributed by atoms with Gasteiger partial charge in [-0.2, -0.15) is 8.42 Å². The van der Waals surface area contributed by atoms with E-state index in [4.69, 9.17) is 4.18 Å². The largest absolute Gasteiger partial charge is 0.386 e. The second-order valence-electron chi connectivity index (χ2n) is 4.73. The van der Waals surface area contributed by atoms with Gasteiger partial charge < -0.3 is 5.11 Å². The average molecular weight is 328 g/mol. The highest BCUT2D eigenvalue weighted by atomic mass is 32.2. The van der Waals surface area contributed by atoms with Crippen LogP contribution in [0, 0.1) is 18.6 Å². The number of hydrogen-bond donors (Lipinski definition) is 1. The van der Waals surface area contributed by atoms with Gasteiger partial charge in [0, 0.05) is 11.6 Å². The molecule has 0 saturated carbocycles. The Bertz CT molecular complexity index is 758. The lowest BCUT2D eigenvalue weighted by molar-refractivity contribution is 0.108. The van der Waals surface area contributed by atoms with Gasteiger partial charge in [-0.15, -0.1) is 0 Å². The van der Waals surface area contributed by atoms with Crippen molar-refractivity contribution in [3.8, 4) is 0 Å². The van der Waals surface area contributed by atoms with Crippen molar-refractivity contribution in [3.05, 3.63) is 65.2 Å². The normalized spacial score (nSPS) is 13.1. The van der Waals surface area contributed by atoms with E-state index in [-0.39, 0.29) is 10.5 Å². The Morgan fingerprint density at radius 1 is 1.14 bits per heavy atom. The summed E-state index contributed by atoms with van der Waals surface area (Å²) in [5.74, 6) is -1.76. The Morgan fingerprint density at radius 2 is 1.77 bits per heavy atom. The van der Waals surface area contributed by atoms with Crippen LogP contribution in [0.5, 0.6) is 0 Å². The maximum absolute atomic E-state index is 13.5. The average Bonchev–Trinajstić information content (AvgIpc) is 2.45. The lowest BCUT2D eigenvalue weighted by atomic mass is 10.1. The van der Waals surface area contributed by atoms with Crippen molar-refractivity contribution in [3.63, 3.8) is 0 Å². The zero-order chi connectivity index (χ0) is 16.3. The van der Waals surface area contributed by atoms with E-state index >= 15 is 0 Å². The Balaban J connectivity index is 2.09. The summed E-state index contributed by atoms with van der Waals surface area (Å²) in [4.78, 5) is -0.0649. The molecule has 0 aliphatic rings. The zero-order valence-electron chi connectivity index (χ0n) is 11.7. The molecule has 7 heteroatoms. The molecule has 1 N–H and O–H groups in total.